The molecule has 1 aliphatic heterocycles. The van der Waals surface area contributed by atoms with Gasteiger partial charge in [0.15, 0.2) is 0 Å². The van der Waals surface area contributed by atoms with Crippen LogP contribution >= 0.6 is 0 Å². The van der Waals surface area contributed by atoms with E-state index < -0.39 is 0 Å². The van der Waals surface area contributed by atoms with Crippen molar-refractivity contribution in [2.24, 2.45) is 0 Å². The molecule has 1 heterocycles. The van der Waals surface area contributed by atoms with E-state index in [0.717, 1.165) is 30.1 Å². The lowest BCUT2D eigenvalue weighted by Gasteiger charge is -2.23. The summed E-state index contributed by atoms with van der Waals surface area (Å²) in [5.74, 6) is 0.00186. The number of halogens is 1. The Labute approximate surface area is 133 Å². The monoisotopic (exact) mass is 312 g/mol. The zero-order valence-electron chi connectivity index (χ0n) is 12.7. The van der Waals surface area contributed by atoms with Crippen molar-refractivity contribution < 1.29 is 26.9 Å². The van der Waals surface area contributed by atoms with E-state index in [0.29, 0.717) is 13.2 Å². The standard InChI is InChI=1S/C16H24N2O2.ClH/c1-2-3-4-5-14-6-8-15(9-7-14)16(19)17-18-10-12-20-13-11-18;/h6-9H,2-5,10-13H2,1H3,(H,17,19);1H. The molecule has 1 aliphatic rings. The molecule has 1 aromatic rings. The first-order valence-corrected chi connectivity index (χ1v) is 7.62. The van der Waals surface area contributed by atoms with Crippen LogP contribution in [0.25, 0.3) is 0 Å². The number of carbonyl (C=O) groups excluding carboxylic acids is 1. The van der Waals surface area contributed by atoms with E-state index in [1.807, 2.05) is 12.1 Å². The number of ether oxygens (including phenoxy) is 1. The average Bonchev–Trinajstić information content (AvgIpc) is 2.49. The molecule has 1 aromatic carbocycles. The second-order valence-electron chi connectivity index (χ2n) is 5.32. The summed E-state index contributed by atoms with van der Waals surface area (Å²) in [7, 11) is 0. The molecule has 5 heteroatoms. The second kappa shape index (κ2) is 9.77. The fourth-order valence-corrected chi connectivity index (χ4v) is 2.38. The number of hydrogen-bond acceptors (Lipinski definition) is 2. The Hall–Kier alpha value is -1.10. The van der Waals surface area contributed by atoms with Gasteiger partial charge < -0.3 is 17.1 Å². The summed E-state index contributed by atoms with van der Waals surface area (Å²) in [6.45, 7) is 5.31. The fraction of sp³-hybridized carbons (Fsp3) is 0.562. The molecule has 2 N–H and O–H groups in total. The summed E-state index contributed by atoms with van der Waals surface area (Å²) in [5.41, 5.74) is 5.06. The van der Waals surface area contributed by atoms with Gasteiger partial charge in [0.2, 0.25) is 0 Å². The van der Waals surface area contributed by atoms with Crippen molar-refractivity contribution in [3.63, 3.8) is 0 Å². The van der Waals surface area contributed by atoms with Crippen LogP contribution in [0.4, 0.5) is 0 Å². The third-order valence-electron chi connectivity index (χ3n) is 3.67. The van der Waals surface area contributed by atoms with Gasteiger partial charge in [-0.25, -0.2) is 5.01 Å². The van der Waals surface area contributed by atoms with Crippen molar-refractivity contribution in [2.75, 3.05) is 26.3 Å². The minimum Gasteiger partial charge on any atom is -1.00 e. The Bertz CT molecular complexity index is 417. The van der Waals surface area contributed by atoms with Gasteiger partial charge in [-0.15, -0.1) is 0 Å². The number of benzene rings is 1. The third kappa shape index (κ3) is 6.04. The van der Waals surface area contributed by atoms with Crippen LogP contribution in [0.1, 0.15) is 42.1 Å². The molecule has 0 bridgehead atoms. The molecule has 4 nitrogen and oxygen atoms in total. The molecule has 2 rings (SSSR count). The first kappa shape index (κ1) is 18.0. The van der Waals surface area contributed by atoms with Crippen LogP contribution in [-0.2, 0) is 11.2 Å². The lowest BCUT2D eigenvalue weighted by Crippen LogP contribution is -3.20. The highest BCUT2D eigenvalue weighted by atomic mass is 35.5. The zero-order chi connectivity index (χ0) is 14.2. The van der Waals surface area contributed by atoms with Crippen molar-refractivity contribution in [1.29, 1.82) is 0 Å². The van der Waals surface area contributed by atoms with Crippen molar-refractivity contribution in [3.8, 4) is 0 Å². The summed E-state index contributed by atoms with van der Waals surface area (Å²) in [4.78, 5) is 12.1. The Morgan fingerprint density at radius 1 is 1.19 bits per heavy atom. The first-order valence-electron chi connectivity index (χ1n) is 7.62. The fourth-order valence-electron chi connectivity index (χ4n) is 2.38. The van der Waals surface area contributed by atoms with Crippen molar-refractivity contribution in [3.05, 3.63) is 35.4 Å². The number of aryl methyl sites for hydroxylation is 1. The summed E-state index contributed by atoms with van der Waals surface area (Å²) in [6.07, 6.45) is 4.83. The van der Waals surface area contributed by atoms with Crippen molar-refractivity contribution >= 4 is 5.91 Å². The number of hydrogen-bond donors (Lipinski definition) is 2. The van der Waals surface area contributed by atoms with Gasteiger partial charge in [-0.3, -0.25) is 4.79 Å². The molecule has 0 radical (unpaired) electrons. The van der Waals surface area contributed by atoms with E-state index in [1.165, 1.54) is 24.8 Å². The van der Waals surface area contributed by atoms with E-state index >= 15 is 0 Å². The van der Waals surface area contributed by atoms with Crippen LogP contribution < -0.4 is 22.8 Å². The summed E-state index contributed by atoms with van der Waals surface area (Å²) >= 11 is 0. The average molecular weight is 313 g/mol. The molecule has 0 saturated carbocycles. The summed E-state index contributed by atoms with van der Waals surface area (Å²) in [5, 5.41) is 1.09. The van der Waals surface area contributed by atoms with Gasteiger partial charge in [0.05, 0.1) is 13.2 Å². The molecule has 0 aromatic heterocycles. The third-order valence-corrected chi connectivity index (χ3v) is 3.67. The predicted octanol–water partition coefficient (Wildman–Crippen LogP) is -2.02. The van der Waals surface area contributed by atoms with Crippen LogP contribution in [0.15, 0.2) is 24.3 Å². The SMILES string of the molecule is CCCCCc1ccc(C(=O)N[NH+]2CCOCC2)cc1.[Cl-]. The van der Waals surface area contributed by atoms with E-state index in [2.05, 4.69) is 24.5 Å². The zero-order valence-corrected chi connectivity index (χ0v) is 13.4. The minimum atomic E-state index is 0. The van der Waals surface area contributed by atoms with Crippen LogP contribution in [0, 0.1) is 0 Å². The molecule has 1 fully saturated rings. The number of morpholine rings is 1. The highest BCUT2D eigenvalue weighted by molar-refractivity contribution is 5.93. The van der Waals surface area contributed by atoms with Crippen LogP contribution in [-0.4, -0.2) is 32.2 Å². The van der Waals surface area contributed by atoms with Crippen molar-refractivity contribution in [1.82, 2.24) is 5.43 Å². The molecule has 118 valence electrons. The van der Waals surface area contributed by atoms with Gasteiger partial charge in [-0.2, -0.15) is 5.43 Å². The largest absolute Gasteiger partial charge is 1.00 e. The van der Waals surface area contributed by atoms with Gasteiger partial charge in [-0.05, 0) is 30.5 Å². The number of nitrogens with one attached hydrogen (secondary N) is 2. The molecular formula is C16H25ClN2O2. The number of carbonyl (C=O) groups is 1. The summed E-state index contributed by atoms with van der Waals surface area (Å²) < 4.78 is 5.28. The number of quaternary nitrogens is 1. The summed E-state index contributed by atoms with van der Waals surface area (Å²) in [6, 6.07) is 7.99. The van der Waals surface area contributed by atoms with E-state index in [4.69, 9.17) is 4.74 Å². The van der Waals surface area contributed by atoms with Crippen LogP contribution in [0.5, 0.6) is 0 Å². The van der Waals surface area contributed by atoms with E-state index in [-0.39, 0.29) is 18.3 Å². The highest BCUT2D eigenvalue weighted by Crippen LogP contribution is 2.08. The maximum Gasteiger partial charge on any atom is 0.295 e. The van der Waals surface area contributed by atoms with Gasteiger partial charge in [0.25, 0.3) is 5.91 Å². The Morgan fingerprint density at radius 3 is 2.48 bits per heavy atom. The second-order valence-corrected chi connectivity index (χ2v) is 5.32. The lowest BCUT2D eigenvalue weighted by molar-refractivity contribution is -0.942. The Kier molecular flexibility index (Phi) is 8.35. The molecule has 1 amide bonds. The first-order chi connectivity index (χ1) is 9.79. The van der Waals surface area contributed by atoms with E-state index in [9.17, 15) is 4.79 Å². The van der Waals surface area contributed by atoms with Crippen LogP contribution in [0.3, 0.4) is 0 Å². The smallest absolute Gasteiger partial charge is 0.295 e. The maximum absolute atomic E-state index is 12.1. The molecule has 0 spiro atoms. The van der Waals surface area contributed by atoms with Crippen LogP contribution in [0.2, 0.25) is 0 Å². The Balaban J connectivity index is 0.00000220. The van der Waals surface area contributed by atoms with Gasteiger partial charge >= 0.3 is 0 Å². The minimum absolute atomic E-state index is 0. The van der Waals surface area contributed by atoms with Gasteiger partial charge in [-0.1, -0.05) is 31.9 Å². The molecular weight excluding hydrogens is 288 g/mol. The van der Waals surface area contributed by atoms with Gasteiger partial charge in [0, 0.05) is 5.56 Å². The highest BCUT2D eigenvalue weighted by Gasteiger charge is 2.17. The normalized spacial score (nSPS) is 15.3. The quantitative estimate of drug-likeness (QED) is 0.596. The number of rotatable bonds is 6. The topological polar surface area (TPSA) is 42.8 Å². The number of unbranched alkanes of at least 4 members (excludes halogenated alkanes) is 2. The van der Waals surface area contributed by atoms with Crippen molar-refractivity contribution in [2.45, 2.75) is 32.6 Å². The molecule has 0 unspecified atom stereocenters. The van der Waals surface area contributed by atoms with Gasteiger partial charge in [0.1, 0.15) is 13.1 Å². The predicted molar refractivity (Wildman–Crippen MR) is 78.7 cm³/mol. The number of amides is 1. The lowest BCUT2D eigenvalue weighted by atomic mass is 10.1. The molecule has 0 atom stereocenters. The Morgan fingerprint density at radius 2 is 1.86 bits per heavy atom. The molecule has 0 aliphatic carbocycles. The maximum atomic E-state index is 12.1. The molecule has 1 saturated heterocycles. The molecule has 21 heavy (non-hydrogen) atoms. The van der Waals surface area contributed by atoms with E-state index in [1.54, 1.807) is 0 Å².